The lowest BCUT2D eigenvalue weighted by Crippen LogP contribution is -1.87. The van der Waals surface area contributed by atoms with E-state index in [0.29, 0.717) is 17.4 Å². The van der Waals surface area contributed by atoms with Gasteiger partial charge in [0.25, 0.3) is 0 Å². The summed E-state index contributed by atoms with van der Waals surface area (Å²) in [5.74, 6) is 1.40. The lowest BCUT2D eigenvalue weighted by molar-refractivity contribution is 0.413. The third kappa shape index (κ3) is 3.52. The summed E-state index contributed by atoms with van der Waals surface area (Å²) in [7, 11) is 5.00. The zero-order chi connectivity index (χ0) is 17.8. The molecule has 25 heavy (non-hydrogen) atoms. The maximum Gasteiger partial charge on any atom is 0.172 e. The number of rotatable bonds is 5. The van der Waals surface area contributed by atoms with Gasteiger partial charge in [0.15, 0.2) is 17.4 Å². The van der Waals surface area contributed by atoms with E-state index in [4.69, 9.17) is 4.74 Å². The van der Waals surface area contributed by atoms with Gasteiger partial charge in [0.1, 0.15) is 17.1 Å². The number of phenols is 1. The monoisotopic (exact) mass is 340 g/mol. The lowest BCUT2D eigenvalue weighted by atomic mass is 10.2. The summed E-state index contributed by atoms with van der Waals surface area (Å²) < 4.78 is 8.34. The van der Waals surface area contributed by atoms with E-state index in [1.807, 2.05) is 0 Å². The van der Waals surface area contributed by atoms with Crippen LogP contribution in [0.25, 0.3) is 0 Å². The van der Waals surface area contributed by atoms with Crippen LogP contribution in [-0.4, -0.2) is 31.8 Å². The van der Waals surface area contributed by atoms with Crippen molar-refractivity contribution < 1.29 is 9.84 Å². The van der Waals surface area contributed by atoms with Crippen LogP contribution in [0.5, 0.6) is 11.5 Å². The fraction of sp³-hybridized carbons (Fsp3) is 0.200. The van der Waals surface area contributed by atoms with E-state index in [-0.39, 0.29) is 17.1 Å². The van der Waals surface area contributed by atoms with Gasteiger partial charge < -0.3 is 9.84 Å². The average molecular weight is 340 g/mol. The van der Waals surface area contributed by atoms with Gasteiger partial charge in [-0.15, -0.1) is 20.5 Å². The second-order valence-electron chi connectivity index (χ2n) is 5.04. The molecule has 1 aromatic carbocycles. The van der Waals surface area contributed by atoms with Crippen LogP contribution in [-0.2, 0) is 14.1 Å². The molecule has 0 aliphatic carbocycles. The first-order valence-corrected chi connectivity index (χ1v) is 7.29. The van der Waals surface area contributed by atoms with Crippen molar-refractivity contribution in [2.24, 2.45) is 34.6 Å². The normalized spacial score (nSPS) is 11.6. The number of methoxy groups -OCH3 is 1. The highest BCUT2D eigenvalue weighted by Gasteiger charge is 2.11. The molecule has 0 spiro atoms. The molecule has 0 amide bonds. The van der Waals surface area contributed by atoms with Gasteiger partial charge in [-0.25, -0.2) is 9.36 Å². The number of aromatic nitrogens is 4. The molecule has 0 fully saturated rings. The van der Waals surface area contributed by atoms with Gasteiger partial charge in [0, 0.05) is 38.4 Å². The number of aromatic hydroxyl groups is 1. The molecule has 1 N–H and O–H groups in total. The molecule has 0 saturated heterocycles. The molecule has 128 valence electrons. The average Bonchev–Trinajstić information content (AvgIpc) is 3.21. The van der Waals surface area contributed by atoms with Crippen LogP contribution < -0.4 is 4.74 Å². The van der Waals surface area contributed by atoms with E-state index in [1.165, 1.54) is 7.11 Å². The van der Waals surface area contributed by atoms with Crippen molar-refractivity contribution in [1.82, 2.24) is 19.6 Å². The number of aryl methyl sites for hydroxylation is 2. The van der Waals surface area contributed by atoms with Crippen LogP contribution in [0, 0.1) is 0 Å². The molecule has 0 radical (unpaired) electrons. The van der Waals surface area contributed by atoms with Crippen LogP contribution in [0.3, 0.4) is 0 Å². The van der Waals surface area contributed by atoms with Crippen molar-refractivity contribution in [3.8, 4) is 11.5 Å². The molecule has 0 aliphatic heterocycles. The third-order valence-electron chi connectivity index (χ3n) is 3.39. The van der Waals surface area contributed by atoms with E-state index in [2.05, 4.69) is 30.7 Å². The molecule has 3 rings (SSSR count). The van der Waals surface area contributed by atoms with Crippen LogP contribution in [0.4, 0.5) is 23.0 Å². The molecule has 2 heterocycles. The summed E-state index contributed by atoms with van der Waals surface area (Å²) in [5, 5.41) is 34.6. The topological polar surface area (TPSA) is 115 Å². The Morgan fingerprint density at radius 3 is 1.72 bits per heavy atom. The number of benzene rings is 1. The molecule has 10 heteroatoms. The number of azo groups is 2. The van der Waals surface area contributed by atoms with E-state index >= 15 is 0 Å². The quantitative estimate of drug-likeness (QED) is 0.713. The summed E-state index contributed by atoms with van der Waals surface area (Å²) in [6.07, 6.45) is 3.21. The Morgan fingerprint density at radius 1 is 0.880 bits per heavy atom. The van der Waals surface area contributed by atoms with Crippen molar-refractivity contribution >= 4 is 23.0 Å². The minimum absolute atomic E-state index is 0.155. The molecular weight excluding hydrogens is 324 g/mol. The van der Waals surface area contributed by atoms with E-state index in [9.17, 15) is 5.11 Å². The first kappa shape index (κ1) is 16.3. The van der Waals surface area contributed by atoms with Gasteiger partial charge in [-0.05, 0) is 0 Å². The summed E-state index contributed by atoms with van der Waals surface area (Å²) >= 11 is 0. The lowest BCUT2D eigenvalue weighted by Gasteiger charge is -2.05. The smallest absolute Gasteiger partial charge is 0.172 e. The highest BCUT2D eigenvalue weighted by Crippen LogP contribution is 2.41. The Bertz CT molecular complexity index is 869. The van der Waals surface area contributed by atoms with E-state index in [1.54, 1.807) is 60.1 Å². The van der Waals surface area contributed by atoms with Crippen molar-refractivity contribution in [3.63, 3.8) is 0 Å². The van der Waals surface area contributed by atoms with Gasteiger partial charge in [0.05, 0.1) is 19.5 Å². The number of nitrogens with zero attached hydrogens (tertiary/aromatic N) is 8. The van der Waals surface area contributed by atoms with Crippen LogP contribution in [0.1, 0.15) is 0 Å². The van der Waals surface area contributed by atoms with Crippen LogP contribution >= 0.6 is 0 Å². The predicted octanol–water partition coefficient (Wildman–Crippen LogP) is 3.70. The number of hydrogen-bond donors (Lipinski definition) is 1. The first-order chi connectivity index (χ1) is 12.1. The second kappa shape index (κ2) is 6.91. The summed E-state index contributed by atoms with van der Waals surface area (Å²) in [4.78, 5) is 0. The van der Waals surface area contributed by atoms with Crippen molar-refractivity contribution in [2.45, 2.75) is 0 Å². The highest BCUT2D eigenvalue weighted by atomic mass is 16.5. The fourth-order valence-electron chi connectivity index (χ4n) is 1.99. The highest BCUT2D eigenvalue weighted by molar-refractivity contribution is 5.68. The SMILES string of the molecule is COc1cc(/N=N/c2ccnn2C)c(O)c(/N=N/c2ccnn2C)c1. The van der Waals surface area contributed by atoms with Crippen LogP contribution in [0.15, 0.2) is 57.1 Å². The zero-order valence-electron chi connectivity index (χ0n) is 13.9. The molecular formula is C15H16N8O2. The fourth-order valence-corrected chi connectivity index (χ4v) is 1.99. The molecule has 0 atom stereocenters. The van der Waals surface area contributed by atoms with Gasteiger partial charge in [-0.3, -0.25) is 0 Å². The maximum atomic E-state index is 10.4. The molecule has 0 bridgehead atoms. The van der Waals surface area contributed by atoms with Crippen molar-refractivity contribution in [2.75, 3.05) is 7.11 Å². The molecule has 0 unspecified atom stereocenters. The summed E-state index contributed by atoms with van der Waals surface area (Å²) in [6.45, 7) is 0. The summed E-state index contributed by atoms with van der Waals surface area (Å²) in [5.41, 5.74) is 0.416. The number of ether oxygens (including phenoxy) is 1. The van der Waals surface area contributed by atoms with Gasteiger partial charge in [0.2, 0.25) is 0 Å². The number of phenolic OH excluding ortho intramolecular Hbond substituents is 1. The summed E-state index contributed by atoms with van der Waals surface area (Å²) in [6, 6.07) is 6.50. The Morgan fingerprint density at radius 2 is 1.36 bits per heavy atom. The minimum Gasteiger partial charge on any atom is -0.504 e. The molecule has 0 saturated carbocycles. The molecule has 2 aromatic heterocycles. The minimum atomic E-state index is -0.155. The maximum absolute atomic E-state index is 10.4. The standard InChI is InChI=1S/C15H16N8O2/c1-22-13(4-6-16-22)20-18-11-8-10(25-3)9-12(15(11)24)19-21-14-5-7-17-23(14)2/h4-9,24H,1-3H3/b20-18+,21-19+. The Kier molecular flexibility index (Phi) is 4.50. The van der Waals surface area contributed by atoms with E-state index < -0.39 is 0 Å². The third-order valence-corrected chi connectivity index (χ3v) is 3.39. The van der Waals surface area contributed by atoms with Crippen LogP contribution in [0.2, 0.25) is 0 Å². The van der Waals surface area contributed by atoms with Gasteiger partial charge >= 0.3 is 0 Å². The first-order valence-electron chi connectivity index (χ1n) is 7.29. The molecule has 10 nitrogen and oxygen atoms in total. The van der Waals surface area contributed by atoms with Crippen molar-refractivity contribution in [3.05, 3.63) is 36.7 Å². The van der Waals surface area contributed by atoms with Gasteiger partial charge in [-0.1, -0.05) is 0 Å². The Hall–Kier alpha value is -3.56. The molecule has 0 aliphatic rings. The zero-order valence-corrected chi connectivity index (χ0v) is 13.9. The molecule has 3 aromatic rings. The second-order valence-corrected chi connectivity index (χ2v) is 5.04. The Labute approximate surface area is 143 Å². The number of hydrogen-bond acceptors (Lipinski definition) is 8. The van der Waals surface area contributed by atoms with Crippen molar-refractivity contribution in [1.29, 1.82) is 0 Å². The van der Waals surface area contributed by atoms with E-state index in [0.717, 1.165) is 0 Å². The van der Waals surface area contributed by atoms with Gasteiger partial charge in [-0.2, -0.15) is 10.2 Å². The largest absolute Gasteiger partial charge is 0.504 e. The predicted molar refractivity (Wildman–Crippen MR) is 89.4 cm³/mol. The Balaban J connectivity index is 1.96.